The Bertz CT molecular complexity index is 1140. The van der Waals surface area contributed by atoms with E-state index in [1.165, 1.54) is 11.0 Å². The number of aromatic nitrogens is 4. The summed E-state index contributed by atoms with van der Waals surface area (Å²) in [5, 5.41) is 24.4. The third-order valence-corrected chi connectivity index (χ3v) is 4.53. The number of rotatable bonds is 2. The van der Waals surface area contributed by atoms with Crippen molar-refractivity contribution in [3.8, 4) is 24.2 Å². The fourth-order valence-electron chi connectivity index (χ4n) is 3.13. The van der Waals surface area contributed by atoms with Crippen LogP contribution in [0.3, 0.4) is 0 Å². The number of hydrogen-bond donors (Lipinski definition) is 3. The van der Waals surface area contributed by atoms with Gasteiger partial charge in [-0.15, -0.1) is 6.42 Å². The summed E-state index contributed by atoms with van der Waals surface area (Å²) in [4.78, 5) is 8.28. The molecule has 1 saturated heterocycles. The second-order valence-corrected chi connectivity index (χ2v) is 6.34. The molecule has 3 aromatic rings. The molecule has 0 radical (unpaired) electrons. The molecular formula is C20H17N5O3. The normalized spacial score (nSPS) is 21.2. The lowest BCUT2D eigenvalue weighted by Crippen LogP contribution is -2.24. The third kappa shape index (κ3) is 3.17. The van der Waals surface area contributed by atoms with Crippen LogP contribution in [-0.4, -0.2) is 48.8 Å². The van der Waals surface area contributed by atoms with E-state index in [0.717, 1.165) is 11.1 Å². The smallest absolute Gasteiger partial charge is 0.167 e. The fourth-order valence-corrected chi connectivity index (χ4v) is 3.13. The van der Waals surface area contributed by atoms with Crippen molar-refractivity contribution in [1.82, 2.24) is 19.7 Å². The number of aliphatic hydroxyl groups excluding tert-OH is 2. The highest BCUT2D eigenvalue weighted by molar-refractivity contribution is 5.90. The lowest BCUT2D eigenvalue weighted by atomic mass is 10.1. The first-order chi connectivity index (χ1) is 13.6. The van der Waals surface area contributed by atoms with Crippen LogP contribution < -0.4 is 5.73 Å². The van der Waals surface area contributed by atoms with E-state index in [-0.39, 0.29) is 18.8 Å². The van der Waals surface area contributed by atoms with E-state index in [9.17, 15) is 10.2 Å². The van der Waals surface area contributed by atoms with E-state index in [0.29, 0.717) is 16.7 Å². The van der Waals surface area contributed by atoms with Crippen molar-refractivity contribution in [2.75, 3.05) is 12.3 Å². The first kappa shape index (κ1) is 18.0. The van der Waals surface area contributed by atoms with E-state index in [4.69, 9.17) is 16.9 Å². The molecule has 0 saturated carbocycles. The van der Waals surface area contributed by atoms with Crippen molar-refractivity contribution < 1.29 is 14.9 Å². The molecular weight excluding hydrogens is 358 g/mol. The number of nitrogens with zero attached hydrogens (tertiary/aromatic N) is 4. The minimum atomic E-state index is -0.797. The van der Waals surface area contributed by atoms with Gasteiger partial charge in [0.15, 0.2) is 11.9 Å². The highest BCUT2D eigenvalue weighted by Crippen LogP contribution is 2.32. The Balaban J connectivity index is 1.78. The molecule has 4 N–H and O–H groups in total. The predicted molar refractivity (Wildman–Crippen MR) is 102 cm³/mol. The van der Waals surface area contributed by atoms with Crippen LogP contribution in [0.5, 0.6) is 0 Å². The average molecular weight is 375 g/mol. The van der Waals surface area contributed by atoms with Gasteiger partial charge < -0.3 is 20.7 Å². The van der Waals surface area contributed by atoms with Crippen molar-refractivity contribution in [3.63, 3.8) is 0 Å². The molecule has 0 spiro atoms. The molecule has 3 atom stereocenters. The summed E-state index contributed by atoms with van der Waals surface area (Å²) in [6.07, 6.45) is 4.96. The van der Waals surface area contributed by atoms with Crippen LogP contribution in [0, 0.1) is 24.2 Å². The minimum absolute atomic E-state index is 0.246. The zero-order chi connectivity index (χ0) is 19.7. The molecule has 140 valence electrons. The van der Waals surface area contributed by atoms with Crippen LogP contribution in [0.1, 0.15) is 29.5 Å². The number of nitrogen functional groups attached to an aromatic ring is 1. The van der Waals surface area contributed by atoms with Gasteiger partial charge in [-0.3, -0.25) is 0 Å². The van der Waals surface area contributed by atoms with Crippen molar-refractivity contribution in [3.05, 3.63) is 47.4 Å². The fraction of sp³-hybridized carbons (Fsp3) is 0.250. The lowest BCUT2D eigenvalue weighted by Gasteiger charge is -2.12. The Morgan fingerprint density at radius 3 is 2.86 bits per heavy atom. The Kier molecular flexibility index (Phi) is 4.68. The molecule has 1 aliphatic rings. The van der Waals surface area contributed by atoms with Crippen LogP contribution >= 0.6 is 0 Å². The molecule has 1 fully saturated rings. The number of benzene rings is 1. The second kappa shape index (κ2) is 7.29. The summed E-state index contributed by atoms with van der Waals surface area (Å²) in [5.74, 6) is 8.84. The maximum atomic E-state index is 10.0. The van der Waals surface area contributed by atoms with Crippen LogP contribution in [0.25, 0.3) is 11.0 Å². The second-order valence-electron chi connectivity index (χ2n) is 6.34. The molecule has 0 amide bonds. The maximum Gasteiger partial charge on any atom is 0.167 e. The van der Waals surface area contributed by atoms with Gasteiger partial charge in [0.05, 0.1) is 18.1 Å². The molecule has 0 aliphatic carbocycles. The number of nitrogens with two attached hydrogens (primary N) is 1. The van der Waals surface area contributed by atoms with Gasteiger partial charge in [-0.05, 0) is 24.1 Å². The Hall–Kier alpha value is -3.43. The van der Waals surface area contributed by atoms with Crippen LogP contribution in [0.4, 0.5) is 5.82 Å². The predicted octanol–water partition coefficient (Wildman–Crippen LogP) is 0.430. The molecule has 1 aromatic carbocycles. The number of aliphatic hydroxyl groups is 2. The first-order valence-corrected chi connectivity index (χ1v) is 8.62. The molecule has 0 bridgehead atoms. The number of fused-ring (bicyclic) bond motifs is 1. The van der Waals surface area contributed by atoms with Gasteiger partial charge in [0.1, 0.15) is 23.9 Å². The number of hydrogen-bond acceptors (Lipinski definition) is 7. The number of anilines is 1. The number of ether oxygens (including phenoxy) is 1. The SMILES string of the molecule is C#Cc1cccc(C#Cc2nn([C@H]3C[C@H](O)[C@@H](CO)O3)c3ncnc(N)c23)c1. The molecule has 0 unspecified atom stereocenters. The Labute approximate surface area is 161 Å². The molecule has 2 aromatic heterocycles. The lowest BCUT2D eigenvalue weighted by molar-refractivity contribution is -0.0470. The third-order valence-electron chi connectivity index (χ3n) is 4.53. The quantitative estimate of drug-likeness (QED) is 0.556. The molecule has 8 nitrogen and oxygen atoms in total. The van der Waals surface area contributed by atoms with Crippen LogP contribution in [0.15, 0.2) is 30.6 Å². The summed E-state index contributed by atoms with van der Waals surface area (Å²) in [6, 6.07) is 7.29. The van der Waals surface area contributed by atoms with E-state index < -0.39 is 18.4 Å². The monoisotopic (exact) mass is 375 g/mol. The zero-order valence-electron chi connectivity index (χ0n) is 14.8. The molecule has 3 heterocycles. The largest absolute Gasteiger partial charge is 0.394 e. The molecule has 1 aliphatic heterocycles. The van der Waals surface area contributed by atoms with E-state index in [1.807, 2.05) is 18.2 Å². The minimum Gasteiger partial charge on any atom is -0.394 e. The van der Waals surface area contributed by atoms with Crippen molar-refractivity contribution in [1.29, 1.82) is 0 Å². The van der Waals surface area contributed by atoms with Crippen molar-refractivity contribution in [2.45, 2.75) is 24.9 Å². The van der Waals surface area contributed by atoms with Gasteiger partial charge in [0.2, 0.25) is 0 Å². The Morgan fingerprint density at radius 1 is 1.29 bits per heavy atom. The topological polar surface area (TPSA) is 119 Å². The van der Waals surface area contributed by atoms with E-state index in [2.05, 4.69) is 32.8 Å². The highest BCUT2D eigenvalue weighted by Gasteiger charge is 2.36. The first-order valence-electron chi connectivity index (χ1n) is 8.62. The summed E-state index contributed by atoms with van der Waals surface area (Å²) >= 11 is 0. The number of terminal acetylenes is 1. The van der Waals surface area contributed by atoms with Gasteiger partial charge in [0.25, 0.3) is 0 Å². The van der Waals surface area contributed by atoms with Gasteiger partial charge in [-0.2, -0.15) is 5.10 Å². The molecule has 28 heavy (non-hydrogen) atoms. The zero-order valence-corrected chi connectivity index (χ0v) is 14.8. The van der Waals surface area contributed by atoms with Gasteiger partial charge in [0, 0.05) is 17.5 Å². The van der Waals surface area contributed by atoms with E-state index in [1.54, 1.807) is 6.07 Å². The van der Waals surface area contributed by atoms with Crippen LogP contribution in [-0.2, 0) is 4.74 Å². The van der Waals surface area contributed by atoms with Gasteiger partial charge in [-0.25, -0.2) is 14.6 Å². The van der Waals surface area contributed by atoms with Gasteiger partial charge >= 0.3 is 0 Å². The summed E-state index contributed by atoms with van der Waals surface area (Å²) in [7, 11) is 0. The summed E-state index contributed by atoms with van der Waals surface area (Å²) < 4.78 is 7.21. The average Bonchev–Trinajstić information content (AvgIpc) is 3.27. The molecule has 4 rings (SSSR count). The summed E-state index contributed by atoms with van der Waals surface area (Å²) in [6.45, 7) is -0.286. The summed E-state index contributed by atoms with van der Waals surface area (Å²) in [5.41, 5.74) is 8.35. The Morgan fingerprint density at radius 2 is 2.11 bits per heavy atom. The standard InChI is InChI=1S/C20H17N5O3/c1-2-12-4-3-5-13(8-12)6-7-14-18-19(21)22-11-23-20(18)25(24-14)17-9-15(27)16(10-26)28-17/h1,3-5,8,11,15-17,26-27H,9-10H2,(H2,21,22,23)/t15-,16+,17+/m0/s1. The maximum absolute atomic E-state index is 10.0. The van der Waals surface area contributed by atoms with Crippen molar-refractivity contribution >= 4 is 16.9 Å². The highest BCUT2D eigenvalue weighted by atomic mass is 16.5. The van der Waals surface area contributed by atoms with Crippen LogP contribution in [0.2, 0.25) is 0 Å². The molecule has 8 heteroatoms. The van der Waals surface area contributed by atoms with Gasteiger partial charge in [-0.1, -0.05) is 17.9 Å². The van der Waals surface area contributed by atoms with Crippen molar-refractivity contribution in [2.24, 2.45) is 0 Å². The van der Waals surface area contributed by atoms with E-state index >= 15 is 0 Å².